The predicted molar refractivity (Wildman–Crippen MR) is 129 cm³/mol. The standard InChI is InChI=1S/C27H28F3N3O3/c1-16-17(2)25(35)23(18-3-6-20(7-4-18)33-11-9-32(10-12-33)13-14-34)26-24(16)31-21-8-5-19(27(28,29)30)15-22(21)36-26/h3,5-7,15,34H,4,8-14H2,1-2H3. The Bertz CT molecular complexity index is 1540. The van der Waals surface area contributed by atoms with Crippen LogP contribution in [0.4, 0.5) is 13.2 Å². The van der Waals surface area contributed by atoms with Gasteiger partial charge in [-0.25, -0.2) is 4.98 Å². The highest BCUT2D eigenvalue weighted by atomic mass is 19.4. The molecule has 3 aliphatic carbocycles. The van der Waals surface area contributed by atoms with Crippen LogP contribution in [0.1, 0.15) is 23.2 Å². The van der Waals surface area contributed by atoms with E-state index in [0.29, 0.717) is 40.4 Å². The molecule has 190 valence electrons. The molecule has 6 nitrogen and oxygen atoms in total. The molecule has 0 saturated carbocycles. The second-order valence-corrected chi connectivity index (χ2v) is 9.41. The molecular weight excluding hydrogens is 471 g/mol. The fraction of sp³-hybridized carbons (Fsp3) is 0.407. The number of fused-ring (bicyclic) bond motifs is 1. The summed E-state index contributed by atoms with van der Waals surface area (Å²) in [6, 6.07) is 0. The molecule has 5 aliphatic rings. The molecule has 1 saturated heterocycles. The first-order valence-corrected chi connectivity index (χ1v) is 12.1. The zero-order valence-corrected chi connectivity index (χ0v) is 20.3. The number of rotatable bonds is 3. The van der Waals surface area contributed by atoms with Gasteiger partial charge in [0.05, 0.1) is 23.1 Å². The monoisotopic (exact) mass is 499 g/mol. The summed E-state index contributed by atoms with van der Waals surface area (Å²) >= 11 is 0. The number of hydrogen-bond donors (Lipinski definition) is 1. The van der Waals surface area contributed by atoms with E-state index in [1.807, 2.05) is 12.2 Å². The zero-order chi connectivity index (χ0) is 25.6. The SMILES string of the molecule is Cc1c(C)c(=O)c(=C2C=CC(N3CCN(CCO)CC3)=CC2)c2oc3c(nc1=2)CC=C(C(F)(F)F)C=3. The minimum absolute atomic E-state index is 0.0151. The molecule has 0 unspecified atom stereocenters. The number of piperazine rings is 1. The fourth-order valence-corrected chi connectivity index (χ4v) is 5.00. The van der Waals surface area contributed by atoms with Crippen molar-refractivity contribution in [3.8, 4) is 0 Å². The highest BCUT2D eigenvalue weighted by molar-refractivity contribution is 5.62. The van der Waals surface area contributed by atoms with Crippen LogP contribution in [0.25, 0.3) is 11.6 Å². The summed E-state index contributed by atoms with van der Waals surface area (Å²) in [5, 5.41) is 10.0. The van der Waals surface area contributed by atoms with Crippen LogP contribution >= 0.6 is 0 Å². The normalized spacial score (nSPS) is 20.2. The lowest BCUT2D eigenvalue weighted by Gasteiger charge is -2.37. The number of hydrogen-bond acceptors (Lipinski definition) is 6. The summed E-state index contributed by atoms with van der Waals surface area (Å²) in [5.74, 6) is 0. The van der Waals surface area contributed by atoms with E-state index in [0.717, 1.165) is 49.6 Å². The molecule has 0 atom stereocenters. The summed E-state index contributed by atoms with van der Waals surface area (Å²) < 4.78 is 45.9. The summed E-state index contributed by atoms with van der Waals surface area (Å²) in [5.41, 5.74) is 2.79. The van der Waals surface area contributed by atoms with E-state index in [9.17, 15) is 18.0 Å². The molecule has 0 aromatic rings. The molecule has 0 aromatic carbocycles. The number of halogens is 3. The summed E-state index contributed by atoms with van der Waals surface area (Å²) in [6.07, 6.45) is 4.05. The summed E-state index contributed by atoms with van der Waals surface area (Å²) in [6.45, 7) is 7.79. The van der Waals surface area contributed by atoms with E-state index in [1.54, 1.807) is 13.8 Å². The van der Waals surface area contributed by atoms with Gasteiger partial charge in [0, 0.05) is 50.4 Å². The third-order valence-electron chi connectivity index (χ3n) is 7.26. The number of allylic oxidation sites excluding steroid dienone is 5. The quantitative estimate of drug-likeness (QED) is 0.695. The Hall–Kier alpha value is -3.17. The van der Waals surface area contributed by atoms with Crippen LogP contribution in [0.15, 0.2) is 44.8 Å². The number of β-amino-alcohol motifs (C(OH)–C–C–N with tert-alkyl or cyclic N) is 1. The molecule has 1 N–H and O–H groups in total. The Kier molecular flexibility index (Phi) is 6.38. The van der Waals surface area contributed by atoms with E-state index in [2.05, 4.69) is 20.9 Å². The van der Waals surface area contributed by atoms with Crippen LogP contribution in [0.2, 0.25) is 0 Å². The van der Waals surface area contributed by atoms with Crippen LogP contribution < -0.4 is 16.1 Å². The molecule has 0 spiro atoms. The number of alkyl halides is 3. The van der Waals surface area contributed by atoms with Crippen molar-refractivity contribution in [2.45, 2.75) is 32.9 Å². The maximum absolute atomic E-state index is 13.4. The Labute approximate surface area is 205 Å². The number of nitrogens with zero attached hydrogens (tertiary/aromatic N) is 3. The van der Waals surface area contributed by atoms with Crippen molar-refractivity contribution in [3.63, 3.8) is 0 Å². The van der Waals surface area contributed by atoms with Crippen molar-refractivity contribution in [2.24, 2.45) is 0 Å². The van der Waals surface area contributed by atoms with Gasteiger partial charge in [0.25, 0.3) is 0 Å². The molecule has 9 heteroatoms. The molecule has 0 amide bonds. The topological polar surface area (TPSA) is 69.8 Å². The van der Waals surface area contributed by atoms with Gasteiger partial charge in [0.1, 0.15) is 10.8 Å². The first-order chi connectivity index (χ1) is 17.2. The largest absolute Gasteiger partial charge is 0.452 e. The first kappa shape index (κ1) is 24.5. The van der Waals surface area contributed by atoms with Crippen molar-refractivity contribution < 1.29 is 22.7 Å². The van der Waals surface area contributed by atoms with Crippen molar-refractivity contribution in [1.82, 2.24) is 14.8 Å². The summed E-state index contributed by atoms with van der Waals surface area (Å²) in [4.78, 5) is 22.5. The van der Waals surface area contributed by atoms with Gasteiger partial charge in [-0.1, -0.05) is 18.2 Å². The van der Waals surface area contributed by atoms with Crippen molar-refractivity contribution in [1.29, 1.82) is 0 Å². The minimum Gasteiger partial charge on any atom is -0.452 e. The second-order valence-electron chi connectivity index (χ2n) is 9.41. The molecule has 2 aliphatic heterocycles. The van der Waals surface area contributed by atoms with E-state index < -0.39 is 11.7 Å². The van der Waals surface area contributed by atoms with Crippen molar-refractivity contribution in [3.05, 3.63) is 84.0 Å². The van der Waals surface area contributed by atoms with Gasteiger partial charge >= 0.3 is 6.18 Å². The fourth-order valence-electron chi connectivity index (χ4n) is 5.00. The van der Waals surface area contributed by atoms with E-state index in [4.69, 9.17) is 9.52 Å². The van der Waals surface area contributed by atoms with Crippen LogP contribution in [-0.2, 0) is 6.42 Å². The first-order valence-electron chi connectivity index (χ1n) is 12.1. The van der Waals surface area contributed by atoms with Gasteiger partial charge in [-0.2, -0.15) is 13.2 Å². The molecule has 2 heterocycles. The van der Waals surface area contributed by atoms with Gasteiger partial charge < -0.3 is 14.4 Å². The molecule has 36 heavy (non-hydrogen) atoms. The lowest BCUT2D eigenvalue weighted by Crippen LogP contribution is -2.46. The van der Waals surface area contributed by atoms with E-state index in [1.165, 1.54) is 0 Å². The van der Waals surface area contributed by atoms with Crippen LogP contribution in [0.3, 0.4) is 0 Å². The molecule has 5 rings (SSSR count). The van der Waals surface area contributed by atoms with E-state index in [-0.39, 0.29) is 29.3 Å². The highest BCUT2D eigenvalue weighted by Gasteiger charge is 2.33. The smallest absolute Gasteiger partial charge is 0.416 e. The van der Waals surface area contributed by atoms with E-state index >= 15 is 0 Å². The molecule has 0 bridgehead atoms. The lowest BCUT2D eigenvalue weighted by atomic mass is 9.98. The Balaban J connectivity index is 1.59. The molecule has 0 radical (unpaired) electrons. The Morgan fingerprint density at radius 1 is 1.06 bits per heavy atom. The van der Waals surface area contributed by atoms with Crippen molar-refractivity contribution in [2.75, 3.05) is 39.3 Å². The van der Waals surface area contributed by atoms with Crippen molar-refractivity contribution >= 4 is 11.6 Å². The second kappa shape index (κ2) is 9.37. The predicted octanol–water partition coefficient (Wildman–Crippen LogP) is 1.81. The number of aliphatic hydroxyl groups is 1. The zero-order valence-electron chi connectivity index (χ0n) is 20.3. The Morgan fingerprint density at radius 2 is 1.81 bits per heavy atom. The number of aliphatic hydroxyl groups excluding tert-OH is 1. The van der Waals surface area contributed by atoms with Crippen LogP contribution in [-0.4, -0.2) is 65.4 Å². The van der Waals surface area contributed by atoms with Gasteiger partial charge in [0.2, 0.25) is 0 Å². The lowest BCUT2D eigenvalue weighted by molar-refractivity contribution is -0.0869. The maximum Gasteiger partial charge on any atom is 0.416 e. The maximum atomic E-state index is 13.4. The Morgan fingerprint density at radius 3 is 2.44 bits per heavy atom. The van der Waals surface area contributed by atoms with Gasteiger partial charge in [0.15, 0.2) is 10.8 Å². The van der Waals surface area contributed by atoms with Crippen LogP contribution in [0, 0.1) is 24.6 Å². The number of aromatic nitrogens is 1. The van der Waals surface area contributed by atoms with Crippen LogP contribution in [0.5, 0.6) is 0 Å². The van der Waals surface area contributed by atoms with Gasteiger partial charge in [-0.15, -0.1) is 0 Å². The molecule has 1 fully saturated rings. The van der Waals surface area contributed by atoms with Gasteiger partial charge in [-0.3, -0.25) is 9.69 Å². The molecule has 0 aromatic heterocycles. The van der Waals surface area contributed by atoms with Gasteiger partial charge in [-0.05, 0) is 43.6 Å². The average Bonchev–Trinajstić information content (AvgIpc) is 2.87. The third-order valence-corrected chi connectivity index (χ3v) is 7.26. The minimum atomic E-state index is -4.48. The third kappa shape index (κ3) is 4.41. The molecular formula is C27H28F3N3O3. The summed E-state index contributed by atoms with van der Waals surface area (Å²) in [7, 11) is 0. The average molecular weight is 500 g/mol. The highest BCUT2D eigenvalue weighted by Crippen LogP contribution is 2.28.